The molecule has 4 aromatic rings. The van der Waals surface area contributed by atoms with Crippen molar-refractivity contribution < 1.29 is 9.72 Å². The first-order valence-corrected chi connectivity index (χ1v) is 10.1. The van der Waals surface area contributed by atoms with E-state index < -0.39 is 4.92 Å². The van der Waals surface area contributed by atoms with Gasteiger partial charge in [-0.15, -0.1) is 11.3 Å². The third-order valence-electron chi connectivity index (χ3n) is 4.47. The topological polar surface area (TPSA) is 85.1 Å². The Morgan fingerprint density at radius 2 is 1.87 bits per heavy atom. The molecule has 1 amide bonds. The Morgan fingerprint density at radius 3 is 2.63 bits per heavy atom. The summed E-state index contributed by atoms with van der Waals surface area (Å²) in [5.74, 6) is -0.267. The lowest BCUT2D eigenvalue weighted by Gasteiger charge is -2.04. The second-order valence-corrected chi connectivity index (χ2v) is 7.62. The molecule has 6 nitrogen and oxygen atoms in total. The van der Waals surface area contributed by atoms with Gasteiger partial charge in [0, 0.05) is 30.3 Å². The van der Waals surface area contributed by atoms with Gasteiger partial charge in [-0.25, -0.2) is 4.98 Å². The number of non-ortho nitro benzene ring substituents is 1. The van der Waals surface area contributed by atoms with Crippen molar-refractivity contribution >= 4 is 39.2 Å². The van der Waals surface area contributed by atoms with Crippen molar-refractivity contribution in [1.82, 2.24) is 10.3 Å². The number of fused-ring (bicyclic) bond motifs is 1. The quantitative estimate of drug-likeness (QED) is 0.266. The number of carbonyl (C=O) groups excluding carboxylic acids is 1. The molecule has 0 aliphatic carbocycles. The van der Waals surface area contributed by atoms with Crippen LogP contribution in [0.25, 0.3) is 26.9 Å². The average molecular weight is 415 g/mol. The van der Waals surface area contributed by atoms with Gasteiger partial charge < -0.3 is 5.32 Å². The fraction of sp³-hybridized carbons (Fsp3) is 0.0435. The molecular weight excluding hydrogens is 398 g/mol. The number of benzene rings is 3. The van der Waals surface area contributed by atoms with Crippen LogP contribution in [0, 0.1) is 10.1 Å². The lowest BCUT2D eigenvalue weighted by Crippen LogP contribution is -2.20. The van der Waals surface area contributed by atoms with Gasteiger partial charge in [0.1, 0.15) is 5.01 Å². The highest BCUT2D eigenvalue weighted by molar-refractivity contribution is 7.21. The Labute approximate surface area is 176 Å². The average Bonchev–Trinajstić information content (AvgIpc) is 3.21. The second-order valence-electron chi connectivity index (χ2n) is 6.59. The summed E-state index contributed by atoms with van der Waals surface area (Å²) in [6, 6.07) is 22.1. The fourth-order valence-electron chi connectivity index (χ4n) is 2.92. The monoisotopic (exact) mass is 415 g/mol. The molecule has 4 rings (SSSR count). The van der Waals surface area contributed by atoms with Crippen LogP contribution < -0.4 is 5.32 Å². The van der Waals surface area contributed by atoms with E-state index in [1.165, 1.54) is 18.2 Å². The Balaban J connectivity index is 1.36. The van der Waals surface area contributed by atoms with Gasteiger partial charge in [0.25, 0.3) is 5.69 Å². The van der Waals surface area contributed by atoms with E-state index in [1.54, 1.807) is 29.5 Å². The van der Waals surface area contributed by atoms with Crippen molar-refractivity contribution in [3.05, 3.63) is 100 Å². The summed E-state index contributed by atoms with van der Waals surface area (Å²) in [6.07, 6.45) is 2.92. The maximum absolute atomic E-state index is 12.1. The number of carbonyl (C=O) groups is 1. The van der Waals surface area contributed by atoms with Crippen LogP contribution >= 0.6 is 11.3 Å². The second kappa shape index (κ2) is 8.67. The largest absolute Gasteiger partial charge is 0.348 e. The molecule has 1 aromatic heterocycles. The number of rotatable bonds is 6. The number of nitro benzene ring substituents is 1. The fourth-order valence-corrected chi connectivity index (χ4v) is 3.89. The first-order chi connectivity index (χ1) is 14.6. The van der Waals surface area contributed by atoms with Crippen molar-refractivity contribution in [3.63, 3.8) is 0 Å². The minimum absolute atomic E-state index is 0.00854. The number of amides is 1. The lowest BCUT2D eigenvalue weighted by atomic mass is 10.1. The van der Waals surface area contributed by atoms with Crippen LogP contribution in [0.3, 0.4) is 0 Å². The van der Waals surface area contributed by atoms with Crippen molar-refractivity contribution in [3.8, 4) is 10.6 Å². The van der Waals surface area contributed by atoms with Crippen LogP contribution in [0.2, 0.25) is 0 Å². The molecule has 0 atom stereocenters. The Kier molecular flexibility index (Phi) is 5.63. The van der Waals surface area contributed by atoms with Crippen molar-refractivity contribution in [2.45, 2.75) is 6.54 Å². The Morgan fingerprint density at radius 1 is 1.07 bits per heavy atom. The zero-order chi connectivity index (χ0) is 20.9. The predicted molar refractivity (Wildman–Crippen MR) is 119 cm³/mol. The molecule has 0 saturated heterocycles. The van der Waals surface area contributed by atoms with Gasteiger partial charge in [0.15, 0.2) is 0 Å². The van der Waals surface area contributed by atoms with Crippen molar-refractivity contribution in [2.24, 2.45) is 0 Å². The summed E-state index contributed by atoms with van der Waals surface area (Å²) in [4.78, 5) is 27.1. The smallest absolute Gasteiger partial charge is 0.270 e. The zero-order valence-electron chi connectivity index (χ0n) is 15.8. The minimum atomic E-state index is -0.463. The van der Waals surface area contributed by atoms with E-state index in [2.05, 4.69) is 16.4 Å². The molecule has 0 fully saturated rings. The van der Waals surface area contributed by atoms with E-state index in [0.29, 0.717) is 12.1 Å². The summed E-state index contributed by atoms with van der Waals surface area (Å²) in [5.41, 5.74) is 3.59. The number of thiazole rings is 1. The number of hydrogen-bond acceptors (Lipinski definition) is 5. The van der Waals surface area contributed by atoms with E-state index in [9.17, 15) is 14.9 Å². The van der Waals surface area contributed by atoms with Gasteiger partial charge in [-0.3, -0.25) is 14.9 Å². The SMILES string of the molecule is O=C(C=Cc1cccc([N+](=O)[O-])c1)NCc1ccc(-c2nc3ccccc3s2)cc1. The number of aromatic nitrogens is 1. The summed E-state index contributed by atoms with van der Waals surface area (Å²) < 4.78 is 1.15. The molecule has 1 heterocycles. The maximum Gasteiger partial charge on any atom is 0.270 e. The van der Waals surface area contributed by atoms with Gasteiger partial charge in [-0.2, -0.15) is 0 Å². The van der Waals surface area contributed by atoms with Gasteiger partial charge in [-0.1, -0.05) is 48.5 Å². The predicted octanol–water partition coefficient (Wildman–Crippen LogP) is 5.20. The molecule has 3 aromatic carbocycles. The van der Waals surface area contributed by atoms with E-state index in [4.69, 9.17) is 0 Å². The molecule has 30 heavy (non-hydrogen) atoms. The molecule has 0 aliphatic heterocycles. The molecule has 0 radical (unpaired) electrons. The maximum atomic E-state index is 12.1. The normalized spacial score (nSPS) is 11.1. The number of nitro groups is 1. The number of nitrogens with zero attached hydrogens (tertiary/aromatic N) is 2. The molecule has 1 N–H and O–H groups in total. The highest BCUT2D eigenvalue weighted by Crippen LogP contribution is 2.30. The van der Waals surface area contributed by atoms with E-state index in [1.807, 2.05) is 42.5 Å². The summed E-state index contributed by atoms with van der Waals surface area (Å²) >= 11 is 1.65. The van der Waals surface area contributed by atoms with Crippen LogP contribution in [0.15, 0.2) is 78.9 Å². The first kappa shape index (κ1) is 19.5. The lowest BCUT2D eigenvalue weighted by molar-refractivity contribution is -0.384. The van der Waals surface area contributed by atoms with Crippen molar-refractivity contribution in [2.75, 3.05) is 0 Å². The first-order valence-electron chi connectivity index (χ1n) is 9.24. The molecule has 7 heteroatoms. The summed E-state index contributed by atoms with van der Waals surface area (Å²) in [5, 5.41) is 14.6. The Bertz CT molecular complexity index is 1210. The van der Waals surface area contributed by atoms with Gasteiger partial charge in [0.05, 0.1) is 15.1 Å². The van der Waals surface area contributed by atoms with Gasteiger partial charge in [-0.05, 0) is 29.3 Å². The highest BCUT2D eigenvalue weighted by atomic mass is 32.1. The molecule has 0 saturated carbocycles. The van der Waals surface area contributed by atoms with Crippen LogP contribution in [-0.2, 0) is 11.3 Å². The molecular formula is C23H17N3O3S. The molecule has 0 spiro atoms. The van der Waals surface area contributed by atoms with Crippen LogP contribution in [0.4, 0.5) is 5.69 Å². The highest BCUT2D eigenvalue weighted by Gasteiger charge is 2.07. The third kappa shape index (κ3) is 4.59. The molecule has 0 aliphatic rings. The molecule has 0 bridgehead atoms. The van der Waals surface area contributed by atoms with Gasteiger partial charge in [0.2, 0.25) is 5.91 Å². The standard InChI is InChI=1S/C23H17N3O3S/c27-22(13-10-16-4-3-5-19(14-16)26(28)29)24-15-17-8-11-18(12-9-17)23-25-20-6-1-2-7-21(20)30-23/h1-14H,15H2,(H,24,27). The van der Waals surface area contributed by atoms with E-state index in [0.717, 1.165) is 26.4 Å². The third-order valence-corrected chi connectivity index (χ3v) is 5.56. The van der Waals surface area contributed by atoms with Crippen LogP contribution in [-0.4, -0.2) is 15.8 Å². The van der Waals surface area contributed by atoms with Crippen molar-refractivity contribution in [1.29, 1.82) is 0 Å². The van der Waals surface area contributed by atoms with E-state index >= 15 is 0 Å². The number of para-hydroxylation sites is 1. The zero-order valence-corrected chi connectivity index (χ0v) is 16.6. The molecule has 0 unspecified atom stereocenters. The van der Waals surface area contributed by atoms with E-state index in [-0.39, 0.29) is 11.6 Å². The number of hydrogen-bond donors (Lipinski definition) is 1. The van der Waals surface area contributed by atoms with Crippen LogP contribution in [0.5, 0.6) is 0 Å². The summed E-state index contributed by atoms with van der Waals surface area (Å²) in [7, 11) is 0. The number of nitrogens with one attached hydrogen (secondary N) is 1. The van der Waals surface area contributed by atoms with Gasteiger partial charge >= 0.3 is 0 Å². The summed E-state index contributed by atoms with van der Waals surface area (Å²) in [6.45, 7) is 0.387. The molecule has 148 valence electrons. The van der Waals surface area contributed by atoms with Crippen LogP contribution in [0.1, 0.15) is 11.1 Å². The Hall–Kier alpha value is -3.84. The minimum Gasteiger partial charge on any atom is -0.348 e.